The third-order valence-electron chi connectivity index (χ3n) is 4.66. The number of ether oxygens (including phenoxy) is 1. The van der Waals surface area contributed by atoms with Gasteiger partial charge in [-0.15, -0.1) is 0 Å². The van der Waals surface area contributed by atoms with Gasteiger partial charge in [0.15, 0.2) is 0 Å². The van der Waals surface area contributed by atoms with E-state index in [1.165, 1.54) is 0 Å². The Labute approximate surface area is 157 Å². The van der Waals surface area contributed by atoms with E-state index in [4.69, 9.17) is 9.39 Å². The zero-order chi connectivity index (χ0) is 18.8. The first-order valence-electron chi connectivity index (χ1n) is 8.67. The number of nitrogens with zero attached hydrogens (tertiary/aromatic N) is 1. The van der Waals surface area contributed by atoms with Crippen LogP contribution in [0.3, 0.4) is 0 Å². The van der Waals surface area contributed by atoms with Crippen LogP contribution in [0.2, 0.25) is 0 Å². The molecule has 2 heterocycles. The number of amides is 1. The minimum absolute atomic E-state index is 0.173. The van der Waals surface area contributed by atoms with Crippen LogP contribution in [-0.2, 0) is 17.8 Å². The summed E-state index contributed by atoms with van der Waals surface area (Å²) in [5.74, 6) is 0.606. The van der Waals surface area contributed by atoms with Crippen LogP contribution in [0.15, 0.2) is 60.8 Å². The van der Waals surface area contributed by atoms with E-state index in [2.05, 4.69) is 5.32 Å². The van der Waals surface area contributed by atoms with Crippen molar-refractivity contribution >= 4 is 18.5 Å². The fraction of sp³-hybridized carbons (Fsp3) is 0.150. The lowest BCUT2D eigenvalue weighted by Gasteiger charge is -2.11. The summed E-state index contributed by atoms with van der Waals surface area (Å²) in [5.41, 5.74) is 4.02. The van der Waals surface area contributed by atoms with Crippen LogP contribution in [0.25, 0.3) is 5.69 Å². The van der Waals surface area contributed by atoms with E-state index < -0.39 is 7.12 Å². The average Bonchev–Trinajstić information content (AvgIpc) is 3.33. The number of aromatic nitrogens is 1. The van der Waals surface area contributed by atoms with Crippen molar-refractivity contribution in [2.75, 3.05) is 7.11 Å². The standard InChI is InChI=1S/C20H19BN2O4/c1-26-17-8-4-14(5-9-17)12-22-20(24)19-3-2-10-23(19)16-7-6-15-13-27-21(25)18(15)11-16/h2-11,25H,12-13H2,1H3,(H,22,24). The Balaban J connectivity index is 1.51. The number of carbonyl (C=O) groups excluding carboxylic acids is 1. The Morgan fingerprint density at radius 1 is 1.26 bits per heavy atom. The van der Waals surface area contributed by atoms with Gasteiger partial charge in [0.2, 0.25) is 0 Å². The normalized spacial score (nSPS) is 12.7. The summed E-state index contributed by atoms with van der Waals surface area (Å²) in [5, 5.41) is 12.8. The van der Waals surface area contributed by atoms with Gasteiger partial charge >= 0.3 is 7.12 Å². The first kappa shape index (κ1) is 17.4. The molecule has 6 nitrogen and oxygen atoms in total. The van der Waals surface area contributed by atoms with Crippen LogP contribution in [-0.4, -0.2) is 29.7 Å². The molecule has 2 aromatic carbocycles. The van der Waals surface area contributed by atoms with Crippen molar-refractivity contribution in [3.63, 3.8) is 0 Å². The molecule has 0 saturated heterocycles. The van der Waals surface area contributed by atoms with Gasteiger partial charge in [-0.1, -0.05) is 18.2 Å². The Kier molecular flexibility index (Phi) is 4.70. The summed E-state index contributed by atoms with van der Waals surface area (Å²) in [6, 6.07) is 16.8. The Bertz CT molecular complexity index is 968. The van der Waals surface area contributed by atoms with Crippen LogP contribution in [0.4, 0.5) is 0 Å². The minimum Gasteiger partial charge on any atom is -0.497 e. The molecular weight excluding hydrogens is 343 g/mol. The number of benzene rings is 2. The lowest BCUT2D eigenvalue weighted by molar-refractivity contribution is 0.0944. The lowest BCUT2D eigenvalue weighted by Crippen LogP contribution is -2.29. The predicted octanol–water partition coefficient (Wildman–Crippen LogP) is 1.63. The molecule has 136 valence electrons. The minimum atomic E-state index is -0.914. The topological polar surface area (TPSA) is 72.7 Å². The SMILES string of the molecule is COc1ccc(CNC(=O)c2cccn2-c2ccc3c(c2)B(O)OC3)cc1. The van der Waals surface area contributed by atoms with Gasteiger partial charge in [0.25, 0.3) is 5.91 Å². The third kappa shape index (κ3) is 3.47. The highest BCUT2D eigenvalue weighted by molar-refractivity contribution is 6.61. The summed E-state index contributed by atoms with van der Waals surface area (Å²) in [6.45, 7) is 0.822. The number of hydrogen-bond donors (Lipinski definition) is 2. The molecule has 7 heteroatoms. The Morgan fingerprint density at radius 2 is 2.07 bits per heavy atom. The summed E-state index contributed by atoms with van der Waals surface area (Å²) < 4.78 is 12.2. The Morgan fingerprint density at radius 3 is 2.85 bits per heavy atom. The summed E-state index contributed by atoms with van der Waals surface area (Å²) in [6.07, 6.45) is 1.83. The third-order valence-corrected chi connectivity index (χ3v) is 4.66. The van der Waals surface area contributed by atoms with Gasteiger partial charge in [0.1, 0.15) is 11.4 Å². The molecule has 1 aliphatic heterocycles. The van der Waals surface area contributed by atoms with Crippen LogP contribution in [0, 0.1) is 0 Å². The van der Waals surface area contributed by atoms with Crippen molar-refractivity contribution in [1.82, 2.24) is 9.88 Å². The molecule has 0 fully saturated rings. The van der Waals surface area contributed by atoms with Gasteiger partial charge in [0, 0.05) is 18.4 Å². The number of methoxy groups -OCH3 is 1. The molecule has 1 aliphatic rings. The lowest BCUT2D eigenvalue weighted by atomic mass is 9.79. The van der Waals surface area contributed by atoms with E-state index in [-0.39, 0.29) is 5.91 Å². The molecule has 0 spiro atoms. The first-order valence-corrected chi connectivity index (χ1v) is 8.67. The highest BCUT2D eigenvalue weighted by Crippen LogP contribution is 2.17. The van der Waals surface area contributed by atoms with Crippen LogP contribution in [0.1, 0.15) is 21.6 Å². The second-order valence-electron chi connectivity index (χ2n) is 6.34. The molecule has 1 amide bonds. The van der Waals surface area contributed by atoms with Crippen molar-refractivity contribution < 1.29 is 19.2 Å². The highest BCUT2D eigenvalue weighted by Gasteiger charge is 2.27. The maximum Gasteiger partial charge on any atom is 0.491 e. The molecule has 4 rings (SSSR count). The molecular formula is C20H19BN2O4. The largest absolute Gasteiger partial charge is 0.497 e. The zero-order valence-corrected chi connectivity index (χ0v) is 14.9. The summed E-state index contributed by atoms with van der Waals surface area (Å²) >= 11 is 0. The fourth-order valence-electron chi connectivity index (χ4n) is 3.16. The van der Waals surface area contributed by atoms with Crippen LogP contribution in [0.5, 0.6) is 5.75 Å². The van der Waals surface area contributed by atoms with E-state index in [9.17, 15) is 9.82 Å². The highest BCUT2D eigenvalue weighted by atomic mass is 16.5. The maximum absolute atomic E-state index is 12.7. The molecule has 0 atom stereocenters. The van der Waals surface area contributed by atoms with Gasteiger partial charge in [-0.3, -0.25) is 4.79 Å². The molecule has 0 aliphatic carbocycles. The molecule has 0 radical (unpaired) electrons. The van der Waals surface area contributed by atoms with Crippen molar-refractivity contribution in [2.24, 2.45) is 0 Å². The van der Waals surface area contributed by atoms with Gasteiger partial charge in [-0.25, -0.2) is 0 Å². The summed E-state index contributed by atoms with van der Waals surface area (Å²) in [7, 11) is 0.706. The number of hydrogen-bond acceptors (Lipinski definition) is 4. The number of rotatable bonds is 5. The maximum atomic E-state index is 12.7. The van der Waals surface area contributed by atoms with Gasteiger partial charge < -0.3 is 24.3 Å². The molecule has 0 bridgehead atoms. The molecule has 2 N–H and O–H groups in total. The molecule has 0 unspecified atom stereocenters. The monoisotopic (exact) mass is 362 g/mol. The zero-order valence-electron chi connectivity index (χ0n) is 14.9. The smallest absolute Gasteiger partial charge is 0.491 e. The van der Waals surface area contributed by atoms with Gasteiger partial charge in [0.05, 0.1) is 13.7 Å². The molecule has 1 aromatic heterocycles. The number of nitrogens with one attached hydrogen (secondary N) is 1. The van der Waals surface area contributed by atoms with E-state index in [0.717, 1.165) is 28.0 Å². The number of carbonyl (C=O) groups is 1. The average molecular weight is 362 g/mol. The molecule has 0 saturated carbocycles. The first-order chi connectivity index (χ1) is 13.2. The van der Waals surface area contributed by atoms with Crippen molar-refractivity contribution in [3.8, 4) is 11.4 Å². The van der Waals surface area contributed by atoms with Crippen molar-refractivity contribution in [1.29, 1.82) is 0 Å². The van der Waals surface area contributed by atoms with E-state index in [1.54, 1.807) is 17.7 Å². The van der Waals surface area contributed by atoms with E-state index in [1.807, 2.05) is 54.7 Å². The molecule has 3 aromatic rings. The fourth-order valence-corrected chi connectivity index (χ4v) is 3.16. The molecule has 27 heavy (non-hydrogen) atoms. The predicted molar refractivity (Wildman–Crippen MR) is 102 cm³/mol. The van der Waals surface area contributed by atoms with Crippen molar-refractivity contribution in [2.45, 2.75) is 13.2 Å². The quantitative estimate of drug-likeness (QED) is 0.677. The van der Waals surface area contributed by atoms with Crippen molar-refractivity contribution in [3.05, 3.63) is 77.6 Å². The van der Waals surface area contributed by atoms with Crippen LogP contribution < -0.4 is 15.5 Å². The second kappa shape index (κ2) is 7.30. The number of fused-ring (bicyclic) bond motifs is 1. The van der Waals surface area contributed by atoms with Gasteiger partial charge in [-0.05, 0) is 53.0 Å². The second-order valence-corrected chi connectivity index (χ2v) is 6.34. The Hall–Kier alpha value is -3.03. The van der Waals surface area contributed by atoms with E-state index >= 15 is 0 Å². The van der Waals surface area contributed by atoms with Crippen LogP contribution >= 0.6 is 0 Å². The van der Waals surface area contributed by atoms with Gasteiger partial charge in [-0.2, -0.15) is 0 Å². The van der Waals surface area contributed by atoms with E-state index in [0.29, 0.717) is 18.8 Å². The summed E-state index contributed by atoms with van der Waals surface area (Å²) in [4.78, 5) is 12.7.